The summed E-state index contributed by atoms with van der Waals surface area (Å²) in [5.74, 6) is 0. The van der Waals surface area contributed by atoms with E-state index in [1.54, 1.807) is 13.8 Å². The summed E-state index contributed by atoms with van der Waals surface area (Å²) in [6, 6.07) is 0. The third kappa shape index (κ3) is 5.88. The third-order valence-electron chi connectivity index (χ3n) is 0.482. The lowest BCUT2D eigenvalue weighted by Crippen LogP contribution is -2.33. The van der Waals surface area contributed by atoms with E-state index in [1.165, 1.54) is 0 Å². The number of nitrogens with one attached hydrogen (secondary N) is 1. The molecular weight excluding hydrogens is 94.0 g/mol. The van der Waals surface area contributed by atoms with Crippen molar-refractivity contribution in [1.29, 1.82) is 0 Å². The molecule has 0 spiro atoms. The van der Waals surface area contributed by atoms with Crippen LogP contribution in [0.3, 0.4) is 0 Å². The first kappa shape index (κ1) is 6.88. The van der Waals surface area contributed by atoms with Gasteiger partial charge in [0.25, 0.3) is 0 Å². The molecule has 0 amide bonds. The van der Waals surface area contributed by atoms with Gasteiger partial charge in [0.1, 0.15) is 12.5 Å². The van der Waals surface area contributed by atoms with Crippen LogP contribution in [0, 0.1) is 0 Å². The molecule has 0 aliphatic heterocycles. The molecule has 0 rings (SSSR count). The molecule has 44 valence electrons. The quantitative estimate of drug-likeness (QED) is 0.411. The van der Waals surface area contributed by atoms with Crippen LogP contribution >= 0.6 is 0 Å². The Hall–Kier alpha value is -0.120. The highest BCUT2D eigenvalue weighted by molar-refractivity contribution is 4.42. The van der Waals surface area contributed by atoms with E-state index in [9.17, 15) is 0 Å². The normalized spacial score (nSPS) is 18.9. The van der Waals surface area contributed by atoms with Crippen LogP contribution in [0.2, 0.25) is 0 Å². The van der Waals surface area contributed by atoms with Gasteiger partial charge in [-0.2, -0.15) is 0 Å². The van der Waals surface area contributed by atoms with Crippen molar-refractivity contribution in [2.24, 2.45) is 0 Å². The summed E-state index contributed by atoms with van der Waals surface area (Å²) in [4.78, 5) is 0. The van der Waals surface area contributed by atoms with Crippen molar-refractivity contribution in [3.05, 3.63) is 0 Å². The summed E-state index contributed by atoms with van der Waals surface area (Å²) in [5.41, 5.74) is 0. The molecule has 0 heterocycles. The zero-order chi connectivity index (χ0) is 5.86. The Labute approximate surface area is 44.5 Å². The molecule has 0 radical (unpaired) electrons. The molecule has 0 aliphatic rings. The van der Waals surface area contributed by atoms with Crippen LogP contribution in [0.4, 0.5) is 0 Å². The fraction of sp³-hybridized carbons (Fsp3) is 1.00. The average molecular weight is 106 g/mol. The highest BCUT2D eigenvalue weighted by atomic mass is 16.3. The van der Waals surface area contributed by atoms with Gasteiger partial charge >= 0.3 is 1.43 Å². The number of aliphatic hydroxyl groups excluding tert-OH is 2. The lowest BCUT2D eigenvalue weighted by Gasteiger charge is -2.08. The fourth-order valence-electron chi connectivity index (χ4n) is 0.349. The molecule has 2 unspecified atom stereocenters. The van der Waals surface area contributed by atoms with E-state index in [4.69, 9.17) is 10.2 Å². The largest absolute Gasteiger partial charge is 1.00 e. The van der Waals surface area contributed by atoms with Crippen molar-refractivity contribution in [1.82, 2.24) is 5.32 Å². The lowest BCUT2D eigenvalue weighted by molar-refractivity contribution is 0.0632. The van der Waals surface area contributed by atoms with E-state index in [0.717, 1.165) is 0 Å². The Kier molecular flexibility index (Phi) is 2.91. The third-order valence-corrected chi connectivity index (χ3v) is 0.482. The molecular formula is C4H12NO2+. The number of aliphatic hydroxyl groups is 2. The summed E-state index contributed by atoms with van der Waals surface area (Å²) in [6.07, 6.45) is -1.25. The SMILES string of the molecule is CC(O)NC(C)O.[H+]. The second kappa shape index (κ2) is 2.96. The summed E-state index contributed by atoms with van der Waals surface area (Å²) in [6.45, 7) is 3.10. The maximum atomic E-state index is 8.45. The minimum absolute atomic E-state index is 0. The van der Waals surface area contributed by atoms with Gasteiger partial charge in [0, 0.05) is 0 Å². The van der Waals surface area contributed by atoms with Crippen molar-refractivity contribution < 1.29 is 11.6 Å². The first-order valence-corrected chi connectivity index (χ1v) is 2.25. The maximum Gasteiger partial charge on any atom is 1.00 e. The number of hydrogen-bond acceptors (Lipinski definition) is 3. The van der Waals surface area contributed by atoms with Crippen LogP contribution in [-0.2, 0) is 0 Å². The second-order valence-corrected chi connectivity index (χ2v) is 1.52. The van der Waals surface area contributed by atoms with Gasteiger partial charge in [-0.15, -0.1) is 0 Å². The van der Waals surface area contributed by atoms with Crippen LogP contribution in [0.1, 0.15) is 15.3 Å². The highest BCUT2D eigenvalue weighted by Crippen LogP contribution is 1.74. The highest BCUT2D eigenvalue weighted by Gasteiger charge is 1.95. The molecule has 2 atom stereocenters. The van der Waals surface area contributed by atoms with E-state index in [2.05, 4.69) is 5.32 Å². The van der Waals surface area contributed by atoms with E-state index in [-0.39, 0.29) is 1.43 Å². The molecule has 3 heteroatoms. The van der Waals surface area contributed by atoms with Gasteiger partial charge in [-0.1, -0.05) is 0 Å². The van der Waals surface area contributed by atoms with Crippen LogP contribution in [0.5, 0.6) is 0 Å². The monoisotopic (exact) mass is 106 g/mol. The van der Waals surface area contributed by atoms with Crippen molar-refractivity contribution in [2.45, 2.75) is 26.3 Å². The molecule has 0 saturated carbocycles. The minimum atomic E-state index is -0.625. The topological polar surface area (TPSA) is 52.5 Å². The first-order chi connectivity index (χ1) is 3.13. The van der Waals surface area contributed by atoms with Gasteiger partial charge in [0.15, 0.2) is 0 Å². The van der Waals surface area contributed by atoms with E-state index >= 15 is 0 Å². The molecule has 0 aromatic rings. The van der Waals surface area contributed by atoms with Crippen molar-refractivity contribution in [2.75, 3.05) is 0 Å². The zero-order valence-corrected chi connectivity index (χ0v) is 4.55. The standard InChI is InChI=1S/C4H11NO2/c1-3(6)5-4(2)7/h3-7H,1-2H3/p+1. The van der Waals surface area contributed by atoms with Crippen LogP contribution in [-0.4, -0.2) is 22.7 Å². The predicted molar refractivity (Wildman–Crippen MR) is 27.6 cm³/mol. The molecule has 3 nitrogen and oxygen atoms in total. The fourth-order valence-corrected chi connectivity index (χ4v) is 0.349. The van der Waals surface area contributed by atoms with Crippen LogP contribution in [0.25, 0.3) is 0 Å². The van der Waals surface area contributed by atoms with Crippen LogP contribution in [0.15, 0.2) is 0 Å². The van der Waals surface area contributed by atoms with Gasteiger partial charge in [-0.25, -0.2) is 0 Å². The van der Waals surface area contributed by atoms with Gasteiger partial charge in [-0.05, 0) is 13.8 Å². The maximum absolute atomic E-state index is 8.45. The van der Waals surface area contributed by atoms with Crippen molar-refractivity contribution in [3.8, 4) is 0 Å². The van der Waals surface area contributed by atoms with Crippen molar-refractivity contribution in [3.63, 3.8) is 0 Å². The smallest absolute Gasteiger partial charge is 0.379 e. The Balaban J connectivity index is 0. The van der Waals surface area contributed by atoms with Crippen molar-refractivity contribution >= 4 is 0 Å². The number of rotatable bonds is 2. The second-order valence-electron chi connectivity index (χ2n) is 1.52. The average Bonchev–Trinajstić information content (AvgIpc) is 1.27. The van der Waals surface area contributed by atoms with Gasteiger partial charge < -0.3 is 10.2 Å². The Morgan fingerprint density at radius 1 is 1.29 bits per heavy atom. The Bertz CT molecular complexity index is 43.3. The van der Waals surface area contributed by atoms with Gasteiger partial charge in [-0.3, -0.25) is 5.32 Å². The lowest BCUT2D eigenvalue weighted by atomic mass is 10.6. The molecule has 0 aromatic heterocycles. The summed E-state index contributed by atoms with van der Waals surface area (Å²) in [5, 5.41) is 19.3. The summed E-state index contributed by atoms with van der Waals surface area (Å²) < 4.78 is 0. The van der Waals surface area contributed by atoms with E-state index < -0.39 is 12.5 Å². The molecule has 0 saturated heterocycles. The van der Waals surface area contributed by atoms with Gasteiger partial charge in [0.05, 0.1) is 0 Å². The Morgan fingerprint density at radius 3 is 1.57 bits per heavy atom. The molecule has 0 fully saturated rings. The van der Waals surface area contributed by atoms with E-state index in [0.29, 0.717) is 0 Å². The minimum Gasteiger partial charge on any atom is -0.379 e. The zero-order valence-electron chi connectivity index (χ0n) is 5.55. The van der Waals surface area contributed by atoms with Gasteiger partial charge in [0.2, 0.25) is 0 Å². The molecule has 3 N–H and O–H groups in total. The molecule has 7 heavy (non-hydrogen) atoms. The summed E-state index contributed by atoms with van der Waals surface area (Å²) >= 11 is 0. The summed E-state index contributed by atoms with van der Waals surface area (Å²) in [7, 11) is 0. The number of hydrogen-bond donors (Lipinski definition) is 3. The molecule has 0 aliphatic carbocycles. The van der Waals surface area contributed by atoms with E-state index in [1.807, 2.05) is 0 Å². The molecule has 0 bridgehead atoms. The Morgan fingerprint density at radius 2 is 1.57 bits per heavy atom. The van der Waals surface area contributed by atoms with Crippen LogP contribution < -0.4 is 5.32 Å². The molecule has 0 aromatic carbocycles. The predicted octanol–water partition coefficient (Wildman–Crippen LogP) is -0.635. The first-order valence-electron chi connectivity index (χ1n) is 2.25.